The highest BCUT2D eigenvalue weighted by molar-refractivity contribution is 5.92. The van der Waals surface area contributed by atoms with Gasteiger partial charge in [0.25, 0.3) is 0 Å². The molecule has 2 aromatic carbocycles. The molecule has 0 saturated heterocycles. The van der Waals surface area contributed by atoms with Crippen LogP contribution in [0.1, 0.15) is 24.1 Å². The molecule has 0 aromatic heterocycles. The highest BCUT2D eigenvalue weighted by atomic mass is 19.1. The number of carbonyl (C=O) groups is 1. The lowest BCUT2D eigenvalue weighted by Gasteiger charge is -2.18. The molecule has 0 spiro atoms. The molecule has 0 unspecified atom stereocenters. The van der Waals surface area contributed by atoms with Gasteiger partial charge in [0.2, 0.25) is 5.91 Å². The fourth-order valence-corrected chi connectivity index (χ4v) is 2.43. The minimum atomic E-state index is -0.296. The molecule has 0 aliphatic carbocycles. The van der Waals surface area contributed by atoms with Crippen molar-refractivity contribution in [2.75, 3.05) is 13.2 Å². The fraction of sp³-hybridized carbons (Fsp3) is 0.211. The van der Waals surface area contributed by atoms with E-state index in [1.165, 1.54) is 18.2 Å². The summed E-state index contributed by atoms with van der Waals surface area (Å²) in [6.45, 7) is 2.92. The molecule has 0 radical (unpaired) electrons. The first kappa shape index (κ1) is 16.1. The Morgan fingerprint density at radius 1 is 1.12 bits per heavy atom. The van der Waals surface area contributed by atoms with Gasteiger partial charge in [-0.1, -0.05) is 18.2 Å². The molecule has 1 N–H and O–H groups in total. The largest absolute Gasteiger partial charge is 0.486 e. The minimum Gasteiger partial charge on any atom is -0.486 e. The topological polar surface area (TPSA) is 47.6 Å². The van der Waals surface area contributed by atoms with Crippen LogP contribution >= 0.6 is 0 Å². The van der Waals surface area contributed by atoms with E-state index in [9.17, 15) is 9.18 Å². The number of halogens is 1. The Labute approximate surface area is 139 Å². The van der Waals surface area contributed by atoms with Crippen molar-refractivity contribution < 1.29 is 18.7 Å². The maximum absolute atomic E-state index is 12.9. The summed E-state index contributed by atoms with van der Waals surface area (Å²) in [7, 11) is 0. The second kappa shape index (κ2) is 7.17. The van der Waals surface area contributed by atoms with Crippen LogP contribution in [0.2, 0.25) is 0 Å². The number of fused-ring (bicyclic) bond motifs is 1. The quantitative estimate of drug-likeness (QED) is 0.875. The van der Waals surface area contributed by atoms with Crippen molar-refractivity contribution in [1.29, 1.82) is 0 Å². The smallest absolute Gasteiger partial charge is 0.244 e. The molecule has 0 bridgehead atoms. The van der Waals surface area contributed by atoms with Crippen LogP contribution in [0.25, 0.3) is 6.08 Å². The number of carbonyl (C=O) groups excluding carboxylic acids is 1. The highest BCUT2D eigenvalue weighted by Gasteiger charge is 2.11. The standard InChI is InChI=1S/C19H18FNO3/c1-13(15-4-6-16(20)7-5-15)21-19(22)9-3-14-2-8-17-18(12-14)24-11-10-23-17/h2-9,12-13H,10-11H2,1H3,(H,21,22)/b9-3+/t13-/m0/s1. The lowest BCUT2D eigenvalue weighted by Crippen LogP contribution is -2.24. The van der Waals surface area contributed by atoms with Crippen LogP contribution in [0, 0.1) is 5.82 Å². The van der Waals surface area contributed by atoms with Gasteiger partial charge in [0.05, 0.1) is 6.04 Å². The second-order valence-corrected chi connectivity index (χ2v) is 5.52. The SMILES string of the molecule is C[C@H](NC(=O)/C=C/c1ccc2c(c1)OCCO2)c1ccc(F)cc1. The first-order valence-electron chi connectivity index (χ1n) is 7.75. The lowest BCUT2D eigenvalue weighted by molar-refractivity contribution is -0.117. The van der Waals surface area contributed by atoms with Gasteiger partial charge in [0.15, 0.2) is 11.5 Å². The van der Waals surface area contributed by atoms with E-state index in [1.54, 1.807) is 18.2 Å². The Morgan fingerprint density at radius 2 is 1.83 bits per heavy atom. The van der Waals surface area contributed by atoms with Gasteiger partial charge >= 0.3 is 0 Å². The summed E-state index contributed by atoms with van der Waals surface area (Å²) in [6, 6.07) is 11.4. The number of hydrogen-bond donors (Lipinski definition) is 1. The molecular formula is C19H18FNO3. The number of amides is 1. The molecule has 1 aliphatic heterocycles. The average molecular weight is 327 g/mol. The zero-order chi connectivity index (χ0) is 16.9. The maximum Gasteiger partial charge on any atom is 0.244 e. The molecular weight excluding hydrogens is 309 g/mol. The van der Waals surface area contributed by atoms with Gasteiger partial charge in [-0.25, -0.2) is 4.39 Å². The van der Waals surface area contributed by atoms with E-state index in [4.69, 9.17) is 9.47 Å². The van der Waals surface area contributed by atoms with E-state index < -0.39 is 0 Å². The van der Waals surface area contributed by atoms with Gasteiger partial charge in [-0.3, -0.25) is 4.79 Å². The van der Waals surface area contributed by atoms with Crippen LogP contribution in [0.3, 0.4) is 0 Å². The summed E-state index contributed by atoms with van der Waals surface area (Å²) in [5.74, 6) is 0.883. The van der Waals surface area contributed by atoms with E-state index in [0.29, 0.717) is 24.7 Å². The third-order valence-corrected chi connectivity index (χ3v) is 3.72. The normalized spacial score (nSPS) is 14.4. The van der Waals surface area contributed by atoms with Crippen LogP contribution in [-0.2, 0) is 4.79 Å². The molecule has 1 atom stereocenters. The van der Waals surface area contributed by atoms with Crippen molar-refractivity contribution in [2.45, 2.75) is 13.0 Å². The summed E-state index contributed by atoms with van der Waals surface area (Å²) < 4.78 is 23.9. The van der Waals surface area contributed by atoms with E-state index >= 15 is 0 Å². The number of hydrogen-bond acceptors (Lipinski definition) is 3. The molecule has 5 heteroatoms. The summed E-state index contributed by atoms with van der Waals surface area (Å²) in [5, 5.41) is 2.84. The van der Waals surface area contributed by atoms with Gasteiger partial charge in [0.1, 0.15) is 19.0 Å². The predicted molar refractivity (Wildman–Crippen MR) is 89.4 cm³/mol. The van der Waals surface area contributed by atoms with Crippen LogP contribution in [-0.4, -0.2) is 19.1 Å². The predicted octanol–water partition coefficient (Wildman–Crippen LogP) is 3.49. The maximum atomic E-state index is 12.9. The van der Waals surface area contributed by atoms with Crippen molar-refractivity contribution in [2.24, 2.45) is 0 Å². The molecule has 3 rings (SSSR count). The monoisotopic (exact) mass is 327 g/mol. The number of benzene rings is 2. The van der Waals surface area contributed by atoms with Crippen molar-refractivity contribution in [3.05, 3.63) is 65.5 Å². The Hall–Kier alpha value is -2.82. The van der Waals surface area contributed by atoms with Gasteiger partial charge < -0.3 is 14.8 Å². The molecule has 0 saturated carbocycles. The summed E-state index contributed by atoms with van der Waals surface area (Å²) in [6.07, 6.45) is 3.18. The zero-order valence-electron chi connectivity index (χ0n) is 13.3. The first-order chi connectivity index (χ1) is 11.6. The fourth-order valence-electron chi connectivity index (χ4n) is 2.43. The molecule has 1 amide bonds. The van der Waals surface area contributed by atoms with E-state index in [1.807, 2.05) is 25.1 Å². The van der Waals surface area contributed by atoms with Gasteiger partial charge in [-0.15, -0.1) is 0 Å². The molecule has 1 aliphatic rings. The van der Waals surface area contributed by atoms with Crippen LogP contribution in [0.15, 0.2) is 48.5 Å². The summed E-state index contributed by atoms with van der Waals surface area (Å²) in [4.78, 5) is 12.0. The zero-order valence-corrected chi connectivity index (χ0v) is 13.3. The highest BCUT2D eigenvalue weighted by Crippen LogP contribution is 2.31. The van der Waals surface area contributed by atoms with E-state index in [0.717, 1.165) is 11.1 Å². The number of rotatable bonds is 4. The number of ether oxygens (including phenoxy) is 2. The lowest BCUT2D eigenvalue weighted by atomic mass is 10.1. The third-order valence-electron chi connectivity index (χ3n) is 3.72. The molecule has 1 heterocycles. The van der Waals surface area contributed by atoms with Crippen molar-refractivity contribution >= 4 is 12.0 Å². The summed E-state index contributed by atoms with van der Waals surface area (Å²) >= 11 is 0. The third kappa shape index (κ3) is 3.93. The summed E-state index contributed by atoms with van der Waals surface area (Å²) in [5.41, 5.74) is 1.70. The van der Waals surface area contributed by atoms with Crippen molar-refractivity contribution in [3.63, 3.8) is 0 Å². The minimum absolute atomic E-state index is 0.206. The molecule has 124 valence electrons. The Balaban J connectivity index is 1.61. The Morgan fingerprint density at radius 3 is 2.58 bits per heavy atom. The molecule has 0 fully saturated rings. The average Bonchev–Trinajstić information content (AvgIpc) is 2.60. The van der Waals surface area contributed by atoms with Crippen LogP contribution in [0.4, 0.5) is 4.39 Å². The van der Waals surface area contributed by atoms with Gasteiger partial charge in [-0.05, 0) is 48.4 Å². The van der Waals surface area contributed by atoms with E-state index in [-0.39, 0.29) is 17.8 Å². The van der Waals surface area contributed by atoms with Crippen molar-refractivity contribution in [1.82, 2.24) is 5.32 Å². The Kier molecular flexibility index (Phi) is 4.79. The molecule has 24 heavy (non-hydrogen) atoms. The molecule has 2 aromatic rings. The van der Waals surface area contributed by atoms with Gasteiger partial charge in [0, 0.05) is 6.08 Å². The van der Waals surface area contributed by atoms with Crippen LogP contribution < -0.4 is 14.8 Å². The Bertz CT molecular complexity index is 756. The van der Waals surface area contributed by atoms with Crippen molar-refractivity contribution in [3.8, 4) is 11.5 Å². The second-order valence-electron chi connectivity index (χ2n) is 5.52. The molecule has 4 nitrogen and oxygen atoms in total. The van der Waals surface area contributed by atoms with Crippen LogP contribution in [0.5, 0.6) is 11.5 Å². The van der Waals surface area contributed by atoms with Gasteiger partial charge in [-0.2, -0.15) is 0 Å². The van der Waals surface area contributed by atoms with E-state index in [2.05, 4.69) is 5.32 Å². The first-order valence-corrected chi connectivity index (χ1v) is 7.75. The number of nitrogens with one attached hydrogen (secondary N) is 1.